The number of esters is 1. The second-order valence-electron chi connectivity index (χ2n) is 4.33. The van der Waals surface area contributed by atoms with E-state index in [1.165, 1.54) is 0 Å². The van der Waals surface area contributed by atoms with Gasteiger partial charge in [-0.2, -0.15) is 0 Å². The molecule has 0 atom stereocenters. The highest BCUT2D eigenvalue weighted by molar-refractivity contribution is 5.84. The maximum atomic E-state index is 11.6. The van der Waals surface area contributed by atoms with Crippen molar-refractivity contribution in [1.82, 2.24) is 0 Å². The Morgan fingerprint density at radius 2 is 1.89 bits per heavy atom. The Balaban J connectivity index is 2.38. The van der Waals surface area contributed by atoms with Crippen molar-refractivity contribution in [3.63, 3.8) is 0 Å². The molecule has 0 aliphatic carbocycles. The molecule has 0 amide bonds. The average Bonchev–Trinajstić information content (AvgIpc) is 2.38. The molecule has 1 aromatic carbocycles. The average molecular weight is 264 g/mol. The van der Waals surface area contributed by atoms with E-state index in [0.29, 0.717) is 12.4 Å². The predicted molar refractivity (Wildman–Crippen MR) is 72.3 cm³/mol. The van der Waals surface area contributed by atoms with Crippen molar-refractivity contribution in [1.29, 1.82) is 0 Å². The van der Waals surface area contributed by atoms with Gasteiger partial charge < -0.3 is 9.47 Å². The molecule has 0 aliphatic heterocycles. The second-order valence-corrected chi connectivity index (χ2v) is 4.33. The molecule has 4 heteroatoms. The van der Waals surface area contributed by atoms with E-state index in [0.717, 1.165) is 11.1 Å². The molecule has 0 aliphatic rings. The van der Waals surface area contributed by atoms with Crippen LogP contribution in [0, 0.1) is 13.8 Å². The Labute approximate surface area is 113 Å². The normalized spacial score (nSPS) is 10.1. The van der Waals surface area contributed by atoms with Gasteiger partial charge in [-0.3, -0.25) is 9.59 Å². The third-order valence-electron chi connectivity index (χ3n) is 2.86. The topological polar surface area (TPSA) is 52.6 Å². The molecule has 4 nitrogen and oxygen atoms in total. The minimum absolute atomic E-state index is 0.0102. The van der Waals surface area contributed by atoms with E-state index in [4.69, 9.17) is 9.47 Å². The zero-order valence-corrected chi connectivity index (χ0v) is 11.7. The quantitative estimate of drug-likeness (QED) is 0.710. The van der Waals surface area contributed by atoms with Crippen LogP contribution in [0.4, 0.5) is 0 Å². The van der Waals surface area contributed by atoms with Gasteiger partial charge >= 0.3 is 5.97 Å². The molecule has 104 valence electrons. The molecule has 0 radical (unpaired) electrons. The van der Waals surface area contributed by atoms with E-state index < -0.39 is 0 Å². The summed E-state index contributed by atoms with van der Waals surface area (Å²) in [5, 5.41) is 0. The maximum Gasteiger partial charge on any atom is 0.306 e. The van der Waals surface area contributed by atoms with Crippen LogP contribution in [0.3, 0.4) is 0 Å². The molecule has 19 heavy (non-hydrogen) atoms. The van der Waals surface area contributed by atoms with E-state index in [-0.39, 0.29) is 31.2 Å². The fraction of sp³-hybridized carbons (Fsp3) is 0.467. The standard InChI is InChI=1S/C15H20O4/c1-4-18-15(17)9-8-13(16)10-19-14-7-5-6-11(2)12(14)3/h5-7H,4,8-10H2,1-3H3. The van der Waals surface area contributed by atoms with Gasteiger partial charge in [0.25, 0.3) is 0 Å². The number of Topliss-reactive ketones (excluding diaryl/α,β-unsaturated/α-hetero) is 1. The first kappa shape index (κ1) is 15.2. The lowest BCUT2D eigenvalue weighted by molar-refractivity contribution is -0.144. The van der Waals surface area contributed by atoms with Gasteiger partial charge in [0.15, 0.2) is 5.78 Å². The monoisotopic (exact) mass is 264 g/mol. The summed E-state index contributed by atoms with van der Waals surface area (Å²) in [6.07, 6.45) is 0.270. The van der Waals surface area contributed by atoms with Crippen molar-refractivity contribution in [2.45, 2.75) is 33.6 Å². The summed E-state index contributed by atoms with van der Waals surface area (Å²) in [6.45, 7) is 6.01. The molecule has 0 heterocycles. The molecule has 0 spiro atoms. The number of carbonyl (C=O) groups excluding carboxylic acids is 2. The summed E-state index contributed by atoms with van der Waals surface area (Å²) in [4.78, 5) is 22.7. The molecule has 0 bridgehead atoms. The van der Waals surface area contributed by atoms with Crippen molar-refractivity contribution in [3.8, 4) is 5.75 Å². The lowest BCUT2D eigenvalue weighted by atomic mass is 10.1. The summed E-state index contributed by atoms with van der Waals surface area (Å²) in [5.74, 6) is 0.265. The lowest BCUT2D eigenvalue weighted by Crippen LogP contribution is -2.14. The van der Waals surface area contributed by atoms with Crippen molar-refractivity contribution >= 4 is 11.8 Å². The number of ether oxygens (including phenoxy) is 2. The van der Waals surface area contributed by atoms with Gasteiger partial charge in [-0.25, -0.2) is 0 Å². The minimum Gasteiger partial charge on any atom is -0.486 e. The van der Waals surface area contributed by atoms with Gasteiger partial charge in [0.05, 0.1) is 13.0 Å². The molecule has 0 aromatic heterocycles. The number of rotatable bonds is 7. The number of benzene rings is 1. The predicted octanol–water partition coefficient (Wildman–Crippen LogP) is 2.59. The van der Waals surface area contributed by atoms with Crippen LogP contribution < -0.4 is 4.74 Å². The van der Waals surface area contributed by atoms with E-state index >= 15 is 0 Å². The first-order valence-corrected chi connectivity index (χ1v) is 6.41. The third kappa shape index (κ3) is 5.12. The number of ketones is 1. The SMILES string of the molecule is CCOC(=O)CCC(=O)COc1cccc(C)c1C. The van der Waals surface area contributed by atoms with E-state index in [9.17, 15) is 9.59 Å². The second kappa shape index (κ2) is 7.56. The summed E-state index contributed by atoms with van der Waals surface area (Å²) in [6, 6.07) is 5.71. The fourth-order valence-electron chi connectivity index (χ4n) is 1.59. The molecular weight excluding hydrogens is 244 g/mol. The van der Waals surface area contributed by atoms with Crippen LogP contribution in [-0.4, -0.2) is 25.0 Å². The number of aryl methyl sites for hydroxylation is 1. The van der Waals surface area contributed by atoms with Crippen LogP contribution in [0.15, 0.2) is 18.2 Å². The molecule has 1 rings (SSSR count). The van der Waals surface area contributed by atoms with Gasteiger partial charge in [-0.15, -0.1) is 0 Å². The Kier molecular flexibility index (Phi) is 6.06. The zero-order valence-electron chi connectivity index (χ0n) is 11.7. The van der Waals surface area contributed by atoms with Crippen LogP contribution >= 0.6 is 0 Å². The van der Waals surface area contributed by atoms with Gasteiger partial charge in [-0.05, 0) is 38.0 Å². The van der Waals surface area contributed by atoms with Gasteiger partial charge in [0.2, 0.25) is 0 Å². The Morgan fingerprint density at radius 1 is 1.16 bits per heavy atom. The Bertz CT molecular complexity index is 451. The zero-order chi connectivity index (χ0) is 14.3. The van der Waals surface area contributed by atoms with Crippen LogP contribution in [-0.2, 0) is 14.3 Å². The van der Waals surface area contributed by atoms with E-state index in [1.807, 2.05) is 32.0 Å². The molecule has 0 N–H and O–H groups in total. The van der Waals surface area contributed by atoms with Crippen LogP contribution in [0.1, 0.15) is 30.9 Å². The molecule has 1 aromatic rings. The van der Waals surface area contributed by atoms with Crippen LogP contribution in [0.25, 0.3) is 0 Å². The highest BCUT2D eigenvalue weighted by Crippen LogP contribution is 2.20. The lowest BCUT2D eigenvalue weighted by Gasteiger charge is -2.10. The van der Waals surface area contributed by atoms with Gasteiger partial charge in [0.1, 0.15) is 12.4 Å². The summed E-state index contributed by atoms with van der Waals surface area (Å²) in [5.41, 5.74) is 2.15. The van der Waals surface area contributed by atoms with Crippen molar-refractivity contribution in [3.05, 3.63) is 29.3 Å². The fourth-order valence-corrected chi connectivity index (χ4v) is 1.59. The maximum absolute atomic E-state index is 11.6. The Hall–Kier alpha value is -1.84. The molecule has 0 unspecified atom stereocenters. The largest absolute Gasteiger partial charge is 0.486 e. The molecular formula is C15H20O4. The molecule has 0 saturated heterocycles. The smallest absolute Gasteiger partial charge is 0.306 e. The number of hydrogen-bond donors (Lipinski definition) is 0. The minimum atomic E-state index is -0.345. The van der Waals surface area contributed by atoms with E-state index in [2.05, 4.69) is 0 Å². The van der Waals surface area contributed by atoms with Crippen LogP contribution in [0.2, 0.25) is 0 Å². The van der Waals surface area contributed by atoms with Gasteiger partial charge in [0, 0.05) is 6.42 Å². The summed E-state index contributed by atoms with van der Waals surface area (Å²) >= 11 is 0. The van der Waals surface area contributed by atoms with Crippen molar-refractivity contribution in [2.75, 3.05) is 13.2 Å². The Morgan fingerprint density at radius 3 is 2.58 bits per heavy atom. The summed E-state index contributed by atoms with van der Waals surface area (Å²) in [7, 11) is 0. The van der Waals surface area contributed by atoms with Crippen molar-refractivity contribution in [2.24, 2.45) is 0 Å². The highest BCUT2D eigenvalue weighted by Gasteiger charge is 2.09. The summed E-state index contributed by atoms with van der Waals surface area (Å²) < 4.78 is 10.2. The molecule has 0 saturated carbocycles. The van der Waals surface area contributed by atoms with E-state index in [1.54, 1.807) is 6.92 Å². The highest BCUT2D eigenvalue weighted by atomic mass is 16.5. The molecule has 0 fully saturated rings. The van der Waals surface area contributed by atoms with Gasteiger partial charge in [-0.1, -0.05) is 12.1 Å². The first-order chi connectivity index (χ1) is 9.04. The number of carbonyl (C=O) groups is 2. The van der Waals surface area contributed by atoms with Crippen molar-refractivity contribution < 1.29 is 19.1 Å². The van der Waals surface area contributed by atoms with Crippen LogP contribution in [0.5, 0.6) is 5.75 Å². The first-order valence-electron chi connectivity index (χ1n) is 6.41. The number of hydrogen-bond acceptors (Lipinski definition) is 4. The third-order valence-corrected chi connectivity index (χ3v) is 2.86.